The van der Waals surface area contributed by atoms with Crippen LogP contribution in [0, 0.1) is 6.92 Å². The van der Waals surface area contributed by atoms with Gasteiger partial charge < -0.3 is 21.4 Å². The molecule has 1 aliphatic carbocycles. The van der Waals surface area contributed by atoms with Gasteiger partial charge in [-0.15, -0.1) is 0 Å². The van der Waals surface area contributed by atoms with Crippen LogP contribution in [0.1, 0.15) is 48.2 Å². The summed E-state index contributed by atoms with van der Waals surface area (Å²) in [6, 6.07) is 8.28. The highest BCUT2D eigenvalue weighted by Gasteiger charge is 2.24. The van der Waals surface area contributed by atoms with E-state index < -0.39 is 0 Å². The molecular formula is C19H26N4O2. The number of carbonyl (C=O) groups is 2. The third-order valence-electron chi connectivity index (χ3n) is 4.91. The summed E-state index contributed by atoms with van der Waals surface area (Å²) in [7, 11) is 0. The summed E-state index contributed by atoms with van der Waals surface area (Å²) in [5.41, 5.74) is 8.14. The highest BCUT2D eigenvalue weighted by molar-refractivity contribution is 5.98. The number of H-pyrrole nitrogens is 1. The molecule has 25 heavy (non-hydrogen) atoms. The largest absolute Gasteiger partial charge is 0.353 e. The lowest BCUT2D eigenvalue weighted by Gasteiger charge is -2.29. The van der Waals surface area contributed by atoms with E-state index in [0.717, 1.165) is 42.1 Å². The Kier molecular flexibility index (Phi) is 5.38. The van der Waals surface area contributed by atoms with Crippen molar-refractivity contribution < 1.29 is 9.59 Å². The number of hydrogen-bond acceptors (Lipinski definition) is 3. The van der Waals surface area contributed by atoms with Crippen LogP contribution in [0.3, 0.4) is 0 Å². The summed E-state index contributed by atoms with van der Waals surface area (Å²) < 4.78 is 0. The maximum absolute atomic E-state index is 12.5. The Bertz CT molecular complexity index is 760. The summed E-state index contributed by atoms with van der Waals surface area (Å²) in [5, 5.41) is 7.18. The van der Waals surface area contributed by atoms with Crippen LogP contribution in [-0.2, 0) is 4.79 Å². The fourth-order valence-electron chi connectivity index (χ4n) is 3.51. The van der Waals surface area contributed by atoms with Crippen LogP contribution < -0.4 is 16.4 Å². The van der Waals surface area contributed by atoms with Gasteiger partial charge in [0.05, 0.1) is 0 Å². The first kappa shape index (κ1) is 17.5. The number of aromatic nitrogens is 1. The minimum Gasteiger partial charge on any atom is -0.353 e. The maximum Gasteiger partial charge on any atom is 0.267 e. The van der Waals surface area contributed by atoms with Gasteiger partial charge in [0, 0.05) is 36.0 Å². The monoisotopic (exact) mass is 342 g/mol. The lowest BCUT2D eigenvalue weighted by atomic mass is 9.91. The van der Waals surface area contributed by atoms with Gasteiger partial charge in [-0.25, -0.2) is 0 Å². The molecule has 0 saturated heterocycles. The molecule has 0 atom stereocenters. The van der Waals surface area contributed by atoms with E-state index in [1.165, 1.54) is 0 Å². The number of benzene rings is 1. The standard InChI is InChI=1S/C19H26N4O2/c1-12-3-2-4-13-11-16(23-18(12)13)19(25)22-15-7-5-14(6-8-15)21-17(24)9-10-20/h2-4,11,14-15,23H,5-10,20H2,1H3,(H,21,24)(H,22,25). The molecule has 6 heteroatoms. The van der Waals surface area contributed by atoms with Gasteiger partial charge in [-0.2, -0.15) is 0 Å². The molecule has 1 fully saturated rings. The van der Waals surface area contributed by atoms with E-state index in [9.17, 15) is 9.59 Å². The van der Waals surface area contributed by atoms with Crippen molar-refractivity contribution in [3.8, 4) is 0 Å². The first-order valence-electron chi connectivity index (χ1n) is 8.95. The highest BCUT2D eigenvalue weighted by atomic mass is 16.2. The normalized spacial score (nSPS) is 20.4. The van der Waals surface area contributed by atoms with E-state index in [0.29, 0.717) is 18.7 Å². The zero-order chi connectivity index (χ0) is 17.8. The summed E-state index contributed by atoms with van der Waals surface area (Å²) in [6.07, 6.45) is 3.88. The van der Waals surface area contributed by atoms with Crippen LogP contribution in [0.2, 0.25) is 0 Å². The Morgan fingerprint density at radius 1 is 1.16 bits per heavy atom. The van der Waals surface area contributed by atoms with Crippen molar-refractivity contribution in [1.82, 2.24) is 15.6 Å². The number of rotatable bonds is 5. The van der Waals surface area contributed by atoms with E-state index in [2.05, 4.69) is 15.6 Å². The van der Waals surface area contributed by atoms with Crippen LogP contribution in [0.5, 0.6) is 0 Å². The lowest BCUT2D eigenvalue weighted by molar-refractivity contribution is -0.121. The van der Waals surface area contributed by atoms with Crippen LogP contribution in [-0.4, -0.2) is 35.4 Å². The van der Waals surface area contributed by atoms with Crippen molar-refractivity contribution in [3.63, 3.8) is 0 Å². The number of amides is 2. The molecule has 1 saturated carbocycles. The average molecular weight is 342 g/mol. The molecule has 3 rings (SSSR count). The van der Waals surface area contributed by atoms with Crippen LogP contribution in [0.25, 0.3) is 10.9 Å². The zero-order valence-electron chi connectivity index (χ0n) is 14.6. The fraction of sp³-hybridized carbons (Fsp3) is 0.474. The van der Waals surface area contributed by atoms with Gasteiger partial charge in [0.1, 0.15) is 5.69 Å². The molecule has 0 aliphatic heterocycles. The molecule has 6 nitrogen and oxygen atoms in total. The number of nitrogens with one attached hydrogen (secondary N) is 3. The van der Waals surface area contributed by atoms with E-state index in [1.807, 2.05) is 31.2 Å². The second-order valence-corrected chi connectivity index (χ2v) is 6.85. The SMILES string of the molecule is Cc1cccc2cc(C(=O)NC3CCC(NC(=O)CCN)CC3)[nH]c12. The minimum absolute atomic E-state index is 0.0171. The molecule has 1 aromatic heterocycles. The smallest absolute Gasteiger partial charge is 0.267 e. The van der Waals surface area contributed by atoms with E-state index in [4.69, 9.17) is 5.73 Å². The molecule has 1 aliphatic rings. The second-order valence-electron chi connectivity index (χ2n) is 6.85. The number of aromatic amines is 1. The van der Waals surface area contributed by atoms with Gasteiger partial charge in [0.2, 0.25) is 5.91 Å². The average Bonchev–Trinajstić information content (AvgIpc) is 3.03. The third kappa shape index (κ3) is 4.20. The molecule has 0 bridgehead atoms. The zero-order valence-corrected chi connectivity index (χ0v) is 14.6. The van der Waals surface area contributed by atoms with Gasteiger partial charge in [-0.3, -0.25) is 9.59 Å². The molecule has 0 unspecified atom stereocenters. The van der Waals surface area contributed by atoms with Crippen molar-refractivity contribution in [2.24, 2.45) is 5.73 Å². The number of aryl methyl sites for hydroxylation is 1. The first-order chi connectivity index (χ1) is 12.1. The van der Waals surface area contributed by atoms with Gasteiger partial charge in [0.25, 0.3) is 5.91 Å². The van der Waals surface area contributed by atoms with Gasteiger partial charge in [-0.1, -0.05) is 18.2 Å². The van der Waals surface area contributed by atoms with Crippen molar-refractivity contribution in [1.29, 1.82) is 0 Å². The quantitative estimate of drug-likeness (QED) is 0.668. The number of para-hydroxylation sites is 1. The fourth-order valence-corrected chi connectivity index (χ4v) is 3.51. The van der Waals surface area contributed by atoms with Crippen molar-refractivity contribution in [2.45, 2.75) is 51.1 Å². The Labute approximate surface area is 147 Å². The molecule has 0 spiro atoms. The Balaban J connectivity index is 1.53. The van der Waals surface area contributed by atoms with Crippen molar-refractivity contribution in [2.75, 3.05) is 6.54 Å². The minimum atomic E-state index is -0.0637. The van der Waals surface area contributed by atoms with E-state index in [-0.39, 0.29) is 23.9 Å². The topological polar surface area (TPSA) is 100 Å². The van der Waals surface area contributed by atoms with Crippen molar-refractivity contribution in [3.05, 3.63) is 35.5 Å². The predicted molar refractivity (Wildman–Crippen MR) is 98.4 cm³/mol. The van der Waals surface area contributed by atoms with Gasteiger partial charge in [-0.05, 0) is 44.2 Å². The molecule has 134 valence electrons. The molecule has 1 aromatic carbocycles. The third-order valence-corrected chi connectivity index (χ3v) is 4.91. The van der Waals surface area contributed by atoms with Gasteiger partial charge in [0.15, 0.2) is 0 Å². The predicted octanol–water partition coefficient (Wildman–Crippen LogP) is 1.98. The summed E-state index contributed by atoms with van der Waals surface area (Å²) >= 11 is 0. The molecule has 5 N–H and O–H groups in total. The molecule has 0 radical (unpaired) electrons. The number of nitrogens with two attached hydrogens (primary N) is 1. The van der Waals surface area contributed by atoms with Gasteiger partial charge >= 0.3 is 0 Å². The van der Waals surface area contributed by atoms with E-state index >= 15 is 0 Å². The summed E-state index contributed by atoms with van der Waals surface area (Å²) in [5.74, 6) is -0.0466. The Morgan fingerprint density at radius 3 is 2.48 bits per heavy atom. The molecule has 1 heterocycles. The summed E-state index contributed by atoms with van der Waals surface area (Å²) in [6.45, 7) is 2.40. The Morgan fingerprint density at radius 2 is 1.84 bits per heavy atom. The van der Waals surface area contributed by atoms with Crippen molar-refractivity contribution >= 4 is 22.7 Å². The molecule has 2 aromatic rings. The number of carbonyl (C=O) groups excluding carboxylic acids is 2. The Hall–Kier alpha value is -2.34. The maximum atomic E-state index is 12.5. The van der Waals surface area contributed by atoms with Crippen LogP contribution >= 0.6 is 0 Å². The number of hydrogen-bond donors (Lipinski definition) is 4. The number of fused-ring (bicyclic) bond motifs is 1. The molecular weight excluding hydrogens is 316 g/mol. The van der Waals surface area contributed by atoms with E-state index in [1.54, 1.807) is 0 Å². The first-order valence-corrected chi connectivity index (χ1v) is 8.95. The van der Waals surface area contributed by atoms with Crippen LogP contribution in [0.4, 0.5) is 0 Å². The van der Waals surface area contributed by atoms with Crippen LogP contribution in [0.15, 0.2) is 24.3 Å². The molecule has 2 amide bonds. The second kappa shape index (κ2) is 7.70. The summed E-state index contributed by atoms with van der Waals surface area (Å²) in [4.78, 5) is 27.3. The lowest BCUT2D eigenvalue weighted by Crippen LogP contribution is -2.44. The highest BCUT2D eigenvalue weighted by Crippen LogP contribution is 2.21.